The Labute approximate surface area is 138 Å². The Balaban J connectivity index is 2.40. The highest BCUT2D eigenvalue weighted by Gasteiger charge is 2.21. The summed E-state index contributed by atoms with van der Waals surface area (Å²) in [6, 6.07) is 8.12. The second kappa shape index (κ2) is 6.83. The van der Waals surface area contributed by atoms with E-state index >= 15 is 0 Å². The van der Waals surface area contributed by atoms with Crippen molar-refractivity contribution in [3.8, 4) is 11.8 Å². The quantitative estimate of drug-likeness (QED) is 0.508. The van der Waals surface area contributed by atoms with Crippen molar-refractivity contribution in [2.75, 3.05) is 12.8 Å². The summed E-state index contributed by atoms with van der Waals surface area (Å²) in [6.45, 7) is 1.54. The Hall–Kier alpha value is -3.34. The van der Waals surface area contributed by atoms with Crippen molar-refractivity contribution in [1.29, 1.82) is 5.26 Å². The van der Waals surface area contributed by atoms with E-state index in [1.54, 1.807) is 24.3 Å². The first-order valence-corrected chi connectivity index (χ1v) is 7.11. The molecule has 8 nitrogen and oxygen atoms in total. The molecule has 2 rings (SSSR count). The fraction of sp³-hybridized carbons (Fsp3) is 0.250. The van der Waals surface area contributed by atoms with Gasteiger partial charge >= 0.3 is 5.97 Å². The maximum atomic E-state index is 11.9. The van der Waals surface area contributed by atoms with Gasteiger partial charge in [0.05, 0.1) is 18.4 Å². The molecule has 0 aliphatic rings. The molecular weight excluding hydrogens is 312 g/mol. The summed E-state index contributed by atoms with van der Waals surface area (Å²) in [7, 11) is 1.23. The number of nitriles is 1. The molecule has 2 aromatic rings. The Bertz CT molecular complexity index is 818. The zero-order chi connectivity index (χ0) is 17.9. The largest absolute Gasteiger partial charge is 0.464 e. The molecule has 24 heavy (non-hydrogen) atoms. The third-order valence-electron chi connectivity index (χ3n) is 3.65. The van der Waals surface area contributed by atoms with Gasteiger partial charge in [-0.25, -0.2) is 4.79 Å². The van der Waals surface area contributed by atoms with Crippen LogP contribution in [0.5, 0.6) is 0 Å². The number of carbonyl (C=O) groups excluding carboxylic acids is 1. The summed E-state index contributed by atoms with van der Waals surface area (Å²) >= 11 is 0. The SMILES string of the molecule is COC(=O)c1c(N)c(C#N)cn1-c1ccc(CC(C)[N+](=O)[O-])cc1. The molecule has 2 N–H and O–H groups in total. The Morgan fingerprint density at radius 2 is 2.08 bits per heavy atom. The van der Waals surface area contributed by atoms with Gasteiger partial charge in [0.2, 0.25) is 6.04 Å². The lowest BCUT2D eigenvalue weighted by Crippen LogP contribution is -2.17. The average Bonchev–Trinajstić information content (AvgIpc) is 2.91. The van der Waals surface area contributed by atoms with E-state index in [-0.39, 0.29) is 21.9 Å². The van der Waals surface area contributed by atoms with Crippen molar-refractivity contribution in [3.63, 3.8) is 0 Å². The predicted octanol–water partition coefficient (Wildman–Crippen LogP) is 1.93. The number of nitrogens with zero attached hydrogens (tertiary/aromatic N) is 3. The summed E-state index contributed by atoms with van der Waals surface area (Å²) in [5.41, 5.74) is 7.52. The number of methoxy groups -OCH3 is 1. The van der Waals surface area contributed by atoms with Crippen molar-refractivity contribution < 1.29 is 14.5 Å². The molecule has 124 valence electrons. The zero-order valence-electron chi connectivity index (χ0n) is 13.2. The van der Waals surface area contributed by atoms with Gasteiger partial charge in [-0.15, -0.1) is 0 Å². The van der Waals surface area contributed by atoms with Gasteiger partial charge in [0.25, 0.3) is 0 Å². The third-order valence-corrected chi connectivity index (χ3v) is 3.65. The van der Waals surface area contributed by atoms with Gasteiger partial charge in [-0.05, 0) is 17.7 Å². The molecule has 0 aliphatic heterocycles. The smallest absolute Gasteiger partial charge is 0.357 e. The van der Waals surface area contributed by atoms with Crippen molar-refractivity contribution in [3.05, 3.63) is 57.4 Å². The van der Waals surface area contributed by atoms with E-state index < -0.39 is 12.0 Å². The van der Waals surface area contributed by atoms with E-state index in [4.69, 9.17) is 15.7 Å². The number of hydrogen-bond acceptors (Lipinski definition) is 6. The van der Waals surface area contributed by atoms with Crippen LogP contribution in [0, 0.1) is 21.4 Å². The monoisotopic (exact) mass is 328 g/mol. The van der Waals surface area contributed by atoms with Crippen molar-refractivity contribution in [2.24, 2.45) is 0 Å². The second-order valence-electron chi connectivity index (χ2n) is 5.28. The highest BCUT2D eigenvalue weighted by molar-refractivity contribution is 5.95. The van der Waals surface area contributed by atoms with Crippen LogP contribution in [0.3, 0.4) is 0 Å². The number of ether oxygens (including phenoxy) is 1. The molecule has 0 saturated heterocycles. The molecule has 1 atom stereocenters. The van der Waals surface area contributed by atoms with E-state index in [1.807, 2.05) is 6.07 Å². The third kappa shape index (κ3) is 3.20. The van der Waals surface area contributed by atoms with Gasteiger partial charge in [0, 0.05) is 30.2 Å². The number of rotatable bonds is 5. The van der Waals surface area contributed by atoms with Crippen molar-refractivity contribution >= 4 is 11.7 Å². The first kappa shape index (κ1) is 17.0. The van der Waals surface area contributed by atoms with Gasteiger partial charge in [0.1, 0.15) is 6.07 Å². The fourth-order valence-corrected chi connectivity index (χ4v) is 2.33. The maximum Gasteiger partial charge on any atom is 0.357 e. The van der Waals surface area contributed by atoms with Gasteiger partial charge in [-0.1, -0.05) is 12.1 Å². The van der Waals surface area contributed by atoms with Crippen LogP contribution in [0.25, 0.3) is 5.69 Å². The number of nitro groups is 1. The van der Waals surface area contributed by atoms with E-state index in [2.05, 4.69) is 0 Å². The minimum absolute atomic E-state index is 0.0513. The van der Waals surface area contributed by atoms with Crippen LogP contribution < -0.4 is 5.73 Å². The van der Waals surface area contributed by atoms with Crippen LogP contribution in [-0.2, 0) is 11.2 Å². The molecule has 1 unspecified atom stereocenters. The van der Waals surface area contributed by atoms with E-state index in [0.717, 1.165) is 5.56 Å². The summed E-state index contributed by atoms with van der Waals surface area (Å²) in [5, 5.41) is 19.8. The van der Waals surface area contributed by atoms with Gasteiger partial charge < -0.3 is 15.0 Å². The number of hydrogen-bond donors (Lipinski definition) is 1. The summed E-state index contributed by atoms with van der Waals surface area (Å²) in [4.78, 5) is 22.3. The molecule has 8 heteroatoms. The van der Waals surface area contributed by atoms with Crippen molar-refractivity contribution in [1.82, 2.24) is 4.57 Å². The molecule has 0 aliphatic carbocycles. The van der Waals surface area contributed by atoms with Crippen LogP contribution in [0.1, 0.15) is 28.5 Å². The Morgan fingerprint density at radius 1 is 1.46 bits per heavy atom. The molecule has 1 aromatic carbocycles. The van der Waals surface area contributed by atoms with E-state index in [0.29, 0.717) is 12.1 Å². The second-order valence-corrected chi connectivity index (χ2v) is 5.28. The lowest BCUT2D eigenvalue weighted by Gasteiger charge is -2.10. The zero-order valence-corrected chi connectivity index (χ0v) is 13.2. The highest BCUT2D eigenvalue weighted by Crippen LogP contribution is 2.25. The molecule has 0 spiro atoms. The van der Waals surface area contributed by atoms with E-state index in [9.17, 15) is 14.9 Å². The van der Waals surface area contributed by atoms with Crippen LogP contribution in [0.15, 0.2) is 30.5 Å². The predicted molar refractivity (Wildman–Crippen MR) is 86.4 cm³/mol. The van der Waals surface area contributed by atoms with Crippen LogP contribution in [0.2, 0.25) is 0 Å². The van der Waals surface area contributed by atoms with Crippen LogP contribution in [-0.4, -0.2) is 28.6 Å². The fourth-order valence-electron chi connectivity index (χ4n) is 2.33. The first-order chi connectivity index (χ1) is 11.4. The van der Waals surface area contributed by atoms with Gasteiger partial charge in [-0.2, -0.15) is 5.26 Å². The standard InChI is InChI=1S/C16H16N4O4/c1-10(20(22)23)7-11-3-5-13(6-4-11)19-9-12(8-17)14(18)15(19)16(21)24-2/h3-6,9-10H,7,18H2,1-2H3. The number of nitrogens with two attached hydrogens (primary N) is 1. The number of esters is 1. The van der Waals surface area contributed by atoms with Gasteiger partial charge in [-0.3, -0.25) is 10.1 Å². The lowest BCUT2D eigenvalue weighted by atomic mass is 10.1. The van der Waals surface area contributed by atoms with Gasteiger partial charge in [0.15, 0.2) is 5.69 Å². The van der Waals surface area contributed by atoms with Crippen LogP contribution in [0.4, 0.5) is 5.69 Å². The molecule has 0 saturated carbocycles. The maximum absolute atomic E-state index is 11.9. The minimum Gasteiger partial charge on any atom is -0.464 e. The number of carbonyl (C=O) groups is 1. The molecule has 0 bridgehead atoms. The number of nitrogen functional groups attached to an aromatic ring is 1. The molecule has 1 aromatic heterocycles. The molecular formula is C16H16N4O4. The molecule has 0 amide bonds. The minimum atomic E-state index is -0.686. The molecule has 1 heterocycles. The highest BCUT2D eigenvalue weighted by atomic mass is 16.6. The summed E-state index contributed by atoms with van der Waals surface area (Å²) < 4.78 is 6.19. The normalized spacial score (nSPS) is 11.5. The Morgan fingerprint density at radius 3 is 2.58 bits per heavy atom. The number of aromatic nitrogens is 1. The Kier molecular flexibility index (Phi) is 4.84. The molecule has 0 fully saturated rings. The topological polar surface area (TPSA) is 124 Å². The summed E-state index contributed by atoms with van der Waals surface area (Å²) in [6.07, 6.45) is 1.75. The average molecular weight is 328 g/mol. The van der Waals surface area contributed by atoms with E-state index in [1.165, 1.54) is 24.8 Å². The molecule has 0 radical (unpaired) electrons. The number of anilines is 1. The van der Waals surface area contributed by atoms with Crippen LogP contribution >= 0.6 is 0 Å². The summed E-state index contributed by atoms with van der Waals surface area (Å²) in [5.74, 6) is -0.653. The lowest BCUT2D eigenvalue weighted by molar-refractivity contribution is -0.517. The van der Waals surface area contributed by atoms with Crippen molar-refractivity contribution in [2.45, 2.75) is 19.4 Å². The number of benzene rings is 1. The first-order valence-electron chi connectivity index (χ1n) is 7.11.